The first-order valence-corrected chi connectivity index (χ1v) is 8.30. The third kappa shape index (κ3) is 1.85. The maximum Gasteiger partial charge on any atom is 0.198 e. The number of fused-ring (bicyclic) bond motifs is 6. The van der Waals surface area contributed by atoms with Gasteiger partial charge in [-0.2, -0.15) is 0 Å². The molecule has 0 aromatic heterocycles. The lowest BCUT2D eigenvalue weighted by atomic mass is 9.80. The quantitative estimate of drug-likeness (QED) is 0.683. The van der Waals surface area contributed by atoms with E-state index in [1.165, 1.54) is 6.07 Å². The van der Waals surface area contributed by atoms with Gasteiger partial charge in [0, 0.05) is 23.1 Å². The summed E-state index contributed by atoms with van der Waals surface area (Å²) in [4.78, 5) is 25.9. The summed E-state index contributed by atoms with van der Waals surface area (Å²) in [6.45, 7) is 3.73. The Morgan fingerprint density at radius 2 is 1.76 bits per heavy atom. The monoisotopic (exact) mass is 336 g/mol. The van der Waals surface area contributed by atoms with Crippen LogP contribution in [0.3, 0.4) is 0 Å². The summed E-state index contributed by atoms with van der Waals surface area (Å²) < 4.78 is 11.9. The molecule has 5 nitrogen and oxygen atoms in total. The minimum absolute atomic E-state index is 0.0904. The average molecular weight is 336 g/mol. The first kappa shape index (κ1) is 14.8. The molecule has 0 amide bonds. The van der Waals surface area contributed by atoms with E-state index in [0.717, 1.165) is 11.1 Å². The molecule has 2 aliphatic carbocycles. The van der Waals surface area contributed by atoms with Gasteiger partial charge in [-0.25, -0.2) is 0 Å². The highest BCUT2D eigenvalue weighted by molar-refractivity contribution is 6.29. The van der Waals surface area contributed by atoms with E-state index in [9.17, 15) is 14.7 Å². The van der Waals surface area contributed by atoms with Gasteiger partial charge in [-0.3, -0.25) is 9.59 Å². The predicted octanol–water partition coefficient (Wildman–Crippen LogP) is 2.92. The number of phenols is 1. The van der Waals surface area contributed by atoms with Crippen LogP contribution in [0.15, 0.2) is 30.3 Å². The molecule has 25 heavy (non-hydrogen) atoms. The molecule has 3 aliphatic rings. The minimum atomic E-state index is -0.659. The van der Waals surface area contributed by atoms with Gasteiger partial charge in [-0.05, 0) is 37.1 Å². The molecule has 1 N–H and O–H groups in total. The van der Waals surface area contributed by atoms with Gasteiger partial charge >= 0.3 is 0 Å². The van der Waals surface area contributed by atoms with Crippen LogP contribution in [0.4, 0.5) is 0 Å². The maximum atomic E-state index is 13.1. The summed E-state index contributed by atoms with van der Waals surface area (Å²) in [5.41, 5.74) is 2.82. The highest BCUT2D eigenvalue weighted by Crippen LogP contribution is 2.48. The zero-order chi connectivity index (χ0) is 17.5. The highest BCUT2D eigenvalue weighted by Gasteiger charge is 2.49. The van der Waals surface area contributed by atoms with Crippen LogP contribution in [0.1, 0.15) is 62.9 Å². The fraction of sp³-hybridized carbons (Fsp3) is 0.300. The van der Waals surface area contributed by atoms with Crippen LogP contribution in [-0.4, -0.2) is 28.6 Å². The molecule has 0 radical (unpaired) electrons. The number of benzene rings is 2. The molecule has 5 rings (SSSR count). The van der Waals surface area contributed by atoms with Crippen molar-refractivity contribution in [2.45, 2.75) is 38.3 Å². The van der Waals surface area contributed by atoms with Crippen molar-refractivity contribution in [3.05, 3.63) is 63.7 Å². The Bertz CT molecular complexity index is 972. The van der Waals surface area contributed by atoms with Crippen molar-refractivity contribution in [1.29, 1.82) is 0 Å². The fourth-order valence-electron chi connectivity index (χ4n) is 4.29. The molecule has 2 aromatic carbocycles. The fourth-order valence-corrected chi connectivity index (χ4v) is 4.29. The molecule has 5 heteroatoms. The Kier molecular flexibility index (Phi) is 2.70. The largest absolute Gasteiger partial charge is 0.507 e. The lowest BCUT2D eigenvalue weighted by Crippen LogP contribution is -2.25. The van der Waals surface area contributed by atoms with Crippen molar-refractivity contribution >= 4 is 11.6 Å². The van der Waals surface area contributed by atoms with Gasteiger partial charge in [0.2, 0.25) is 0 Å². The molecule has 1 fully saturated rings. The number of rotatable bonds is 0. The van der Waals surface area contributed by atoms with E-state index in [0.29, 0.717) is 17.5 Å². The second-order valence-electron chi connectivity index (χ2n) is 7.21. The van der Waals surface area contributed by atoms with Crippen molar-refractivity contribution in [1.82, 2.24) is 0 Å². The van der Waals surface area contributed by atoms with E-state index >= 15 is 0 Å². The molecule has 1 heterocycles. The van der Waals surface area contributed by atoms with Gasteiger partial charge in [0.1, 0.15) is 11.9 Å². The van der Waals surface area contributed by atoms with E-state index in [1.807, 2.05) is 19.9 Å². The maximum absolute atomic E-state index is 13.1. The van der Waals surface area contributed by atoms with E-state index in [4.69, 9.17) is 9.47 Å². The van der Waals surface area contributed by atoms with Crippen molar-refractivity contribution in [2.24, 2.45) is 0 Å². The third-order valence-electron chi connectivity index (χ3n) is 5.23. The molecule has 0 bridgehead atoms. The number of carbonyl (C=O) groups excluding carboxylic acids is 2. The topological polar surface area (TPSA) is 72.8 Å². The standard InChI is InChI=1S/C20H16O5/c1-20(2)24-14-8-12-9(19(14)25-20)6-7-11-15(12)18(23)16-10(17(11)22)4-3-5-13(16)21/h3-7,14,19,21H,8H2,1-2H3. The van der Waals surface area contributed by atoms with Crippen LogP contribution in [0.2, 0.25) is 0 Å². The Hall–Kier alpha value is -2.50. The number of hydrogen-bond donors (Lipinski definition) is 1. The molecular weight excluding hydrogens is 320 g/mol. The zero-order valence-corrected chi connectivity index (χ0v) is 13.8. The van der Waals surface area contributed by atoms with Crippen LogP contribution in [0.5, 0.6) is 5.75 Å². The average Bonchev–Trinajstić information content (AvgIpc) is 3.03. The Labute approximate surface area is 144 Å². The predicted molar refractivity (Wildman–Crippen MR) is 87.9 cm³/mol. The molecule has 2 unspecified atom stereocenters. The number of ketones is 2. The summed E-state index contributed by atoms with van der Waals surface area (Å²) in [5, 5.41) is 10.1. The smallest absolute Gasteiger partial charge is 0.198 e. The van der Waals surface area contributed by atoms with Crippen LogP contribution in [0.25, 0.3) is 0 Å². The van der Waals surface area contributed by atoms with Crippen molar-refractivity contribution in [3.63, 3.8) is 0 Å². The molecule has 1 saturated heterocycles. The van der Waals surface area contributed by atoms with E-state index < -0.39 is 5.79 Å². The van der Waals surface area contributed by atoms with Gasteiger partial charge in [0.05, 0.1) is 11.7 Å². The molecule has 2 atom stereocenters. The summed E-state index contributed by atoms with van der Waals surface area (Å²) in [5.74, 6) is -1.36. The normalized spacial score (nSPS) is 25.4. The van der Waals surface area contributed by atoms with Gasteiger partial charge < -0.3 is 14.6 Å². The van der Waals surface area contributed by atoms with E-state index in [1.54, 1.807) is 18.2 Å². The van der Waals surface area contributed by atoms with Crippen LogP contribution >= 0.6 is 0 Å². The Morgan fingerprint density at radius 1 is 1.00 bits per heavy atom. The summed E-state index contributed by atoms with van der Waals surface area (Å²) in [6.07, 6.45) is 0.128. The summed E-state index contributed by atoms with van der Waals surface area (Å²) >= 11 is 0. The second kappa shape index (κ2) is 4.56. The molecule has 2 aromatic rings. The third-order valence-corrected chi connectivity index (χ3v) is 5.23. The zero-order valence-electron chi connectivity index (χ0n) is 13.8. The Balaban J connectivity index is 1.71. The minimum Gasteiger partial charge on any atom is -0.507 e. The Morgan fingerprint density at radius 3 is 2.56 bits per heavy atom. The molecule has 0 spiro atoms. The van der Waals surface area contributed by atoms with E-state index in [-0.39, 0.29) is 40.7 Å². The first-order valence-electron chi connectivity index (χ1n) is 8.30. The summed E-state index contributed by atoms with van der Waals surface area (Å²) in [6, 6.07) is 8.14. The molecule has 0 saturated carbocycles. The summed E-state index contributed by atoms with van der Waals surface area (Å²) in [7, 11) is 0. The van der Waals surface area contributed by atoms with Crippen LogP contribution in [0, 0.1) is 0 Å². The number of aromatic hydroxyl groups is 1. The first-order chi connectivity index (χ1) is 11.9. The number of ether oxygens (including phenoxy) is 2. The molecule has 1 aliphatic heterocycles. The van der Waals surface area contributed by atoms with Gasteiger partial charge in [-0.1, -0.05) is 18.2 Å². The van der Waals surface area contributed by atoms with Crippen molar-refractivity contribution in [2.75, 3.05) is 0 Å². The van der Waals surface area contributed by atoms with Gasteiger partial charge in [0.25, 0.3) is 0 Å². The number of hydrogen-bond acceptors (Lipinski definition) is 5. The lowest BCUT2D eigenvalue weighted by molar-refractivity contribution is -0.148. The van der Waals surface area contributed by atoms with Crippen LogP contribution < -0.4 is 0 Å². The number of carbonyl (C=O) groups is 2. The lowest BCUT2D eigenvalue weighted by Gasteiger charge is -2.23. The van der Waals surface area contributed by atoms with Crippen molar-refractivity contribution in [3.8, 4) is 5.75 Å². The molecule has 126 valence electrons. The van der Waals surface area contributed by atoms with Crippen molar-refractivity contribution < 1.29 is 24.2 Å². The van der Waals surface area contributed by atoms with Gasteiger partial charge in [0.15, 0.2) is 17.4 Å². The van der Waals surface area contributed by atoms with E-state index in [2.05, 4.69) is 0 Å². The second-order valence-corrected chi connectivity index (χ2v) is 7.21. The SMILES string of the molecule is CC1(C)OC2Cc3c(ccc4c3C(=O)c3c(O)cccc3C4=O)C2O1. The number of phenolic OH excluding ortho intramolecular Hbond substituents is 1. The van der Waals surface area contributed by atoms with Gasteiger partial charge in [-0.15, -0.1) is 0 Å². The van der Waals surface area contributed by atoms with Crippen LogP contribution in [-0.2, 0) is 15.9 Å². The molecular formula is C20H16O5. The highest BCUT2D eigenvalue weighted by atomic mass is 16.8.